The second kappa shape index (κ2) is 6.42. The first-order valence-corrected chi connectivity index (χ1v) is 5.90. The molecule has 0 saturated heterocycles. The van der Waals surface area contributed by atoms with Crippen molar-refractivity contribution >= 4 is 17.4 Å². The Morgan fingerprint density at radius 2 is 1.80 bits per heavy atom. The lowest BCUT2D eigenvalue weighted by Gasteiger charge is -2.12. The van der Waals surface area contributed by atoms with Gasteiger partial charge < -0.3 is 10.1 Å². The number of para-hydroxylation sites is 2. The Hall–Kier alpha value is -2.76. The number of carbonyl (C=O) groups is 1. The molecule has 0 fully saturated rings. The number of carbonyl (C=O) groups excluding carboxylic acids is 1. The second-order valence-electron chi connectivity index (χ2n) is 3.91. The number of nitrogens with one attached hydrogen (secondary N) is 3. The highest BCUT2D eigenvalue weighted by atomic mass is 19.1. The van der Waals surface area contributed by atoms with Gasteiger partial charge in [-0.2, -0.15) is 0 Å². The minimum Gasteiger partial charge on any atom is -0.495 e. The number of rotatable bonds is 4. The Kier molecular flexibility index (Phi) is 4.39. The van der Waals surface area contributed by atoms with Gasteiger partial charge in [-0.05, 0) is 36.4 Å². The van der Waals surface area contributed by atoms with Crippen LogP contribution < -0.4 is 20.9 Å². The van der Waals surface area contributed by atoms with E-state index in [1.165, 1.54) is 31.4 Å². The summed E-state index contributed by atoms with van der Waals surface area (Å²) in [6, 6.07) is 12.2. The van der Waals surface area contributed by atoms with Gasteiger partial charge in [0.2, 0.25) is 0 Å². The quantitative estimate of drug-likeness (QED) is 0.752. The SMILES string of the molecule is COc1ccccc1NC(=O)NNc1ccc(F)cc1. The van der Waals surface area contributed by atoms with E-state index in [1.54, 1.807) is 24.3 Å². The number of amides is 2. The first-order valence-electron chi connectivity index (χ1n) is 5.90. The molecule has 0 aliphatic rings. The third-order valence-electron chi connectivity index (χ3n) is 2.52. The molecule has 0 heterocycles. The van der Waals surface area contributed by atoms with E-state index in [4.69, 9.17) is 4.74 Å². The first-order chi connectivity index (χ1) is 9.69. The van der Waals surface area contributed by atoms with Crippen molar-refractivity contribution < 1.29 is 13.9 Å². The number of anilines is 2. The molecule has 2 aromatic carbocycles. The maximum Gasteiger partial charge on any atom is 0.337 e. The molecule has 2 amide bonds. The Bertz CT molecular complexity index is 587. The maximum absolute atomic E-state index is 12.7. The van der Waals surface area contributed by atoms with Crippen LogP contribution in [0.25, 0.3) is 0 Å². The van der Waals surface area contributed by atoms with Crippen molar-refractivity contribution in [1.29, 1.82) is 0 Å². The molecule has 0 radical (unpaired) electrons. The fourth-order valence-electron chi connectivity index (χ4n) is 1.56. The van der Waals surface area contributed by atoms with Crippen molar-refractivity contribution in [2.75, 3.05) is 17.9 Å². The summed E-state index contributed by atoms with van der Waals surface area (Å²) in [6.45, 7) is 0. The standard InChI is InChI=1S/C14H14FN3O2/c1-20-13-5-3-2-4-12(13)16-14(19)18-17-11-8-6-10(15)7-9-11/h2-9,17H,1H3,(H2,16,18,19). The van der Waals surface area contributed by atoms with E-state index in [0.29, 0.717) is 17.1 Å². The zero-order valence-electron chi connectivity index (χ0n) is 10.8. The third kappa shape index (κ3) is 3.61. The lowest BCUT2D eigenvalue weighted by molar-refractivity contribution is 0.253. The molecular formula is C14H14FN3O2. The van der Waals surface area contributed by atoms with Crippen LogP contribution in [0.3, 0.4) is 0 Å². The summed E-state index contributed by atoms with van der Waals surface area (Å²) in [4.78, 5) is 11.7. The zero-order chi connectivity index (χ0) is 14.4. The Labute approximate surface area is 115 Å². The van der Waals surface area contributed by atoms with Crippen LogP contribution in [0.15, 0.2) is 48.5 Å². The van der Waals surface area contributed by atoms with Gasteiger partial charge in [-0.15, -0.1) is 0 Å². The van der Waals surface area contributed by atoms with Gasteiger partial charge in [-0.25, -0.2) is 9.18 Å². The van der Waals surface area contributed by atoms with Gasteiger partial charge in [0.05, 0.1) is 18.5 Å². The van der Waals surface area contributed by atoms with Crippen molar-refractivity contribution in [1.82, 2.24) is 5.43 Å². The summed E-state index contributed by atoms with van der Waals surface area (Å²) < 4.78 is 17.8. The monoisotopic (exact) mass is 275 g/mol. The molecule has 2 aromatic rings. The number of halogens is 1. The molecule has 6 heteroatoms. The molecule has 2 rings (SSSR count). The highest BCUT2D eigenvalue weighted by Gasteiger charge is 2.05. The number of ether oxygens (including phenoxy) is 1. The molecule has 0 aromatic heterocycles. The van der Waals surface area contributed by atoms with Crippen LogP contribution in [0, 0.1) is 5.82 Å². The summed E-state index contributed by atoms with van der Waals surface area (Å²) in [6.07, 6.45) is 0. The summed E-state index contributed by atoms with van der Waals surface area (Å²) in [5, 5.41) is 2.63. The Morgan fingerprint density at radius 3 is 2.50 bits per heavy atom. The number of benzene rings is 2. The van der Waals surface area contributed by atoms with E-state index in [0.717, 1.165) is 0 Å². The van der Waals surface area contributed by atoms with Gasteiger partial charge in [-0.3, -0.25) is 10.9 Å². The number of hydrazine groups is 1. The summed E-state index contributed by atoms with van der Waals surface area (Å²) >= 11 is 0. The predicted octanol–water partition coefficient (Wildman–Crippen LogP) is 2.98. The van der Waals surface area contributed by atoms with Crippen LogP contribution in [0.1, 0.15) is 0 Å². The van der Waals surface area contributed by atoms with Gasteiger partial charge in [0.1, 0.15) is 11.6 Å². The second-order valence-corrected chi connectivity index (χ2v) is 3.91. The highest BCUT2D eigenvalue weighted by molar-refractivity contribution is 5.91. The van der Waals surface area contributed by atoms with E-state index < -0.39 is 6.03 Å². The van der Waals surface area contributed by atoms with Crippen LogP contribution in [0.4, 0.5) is 20.6 Å². The van der Waals surface area contributed by atoms with Gasteiger partial charge in [0.25, 0.3) is 0 Å². The minimum atomic E-state index is -0.459. The molecule has 0 aliphatic carbocycles. The number of urea groups is 1. The summed E-state index contributed by atoms with van der Waals surface area (Å²) in [7, 11) is 1.52. The fourth-order valence-corrected chi connectivity index (χ4v) is 1.56. The molecule has 0 bridgehead atoms. The van der Waals surface area contributed by atoms with Crippen molar-refractivity contribution in [2.24, 2.45) is 0 Å². The summed E-state index contributed by atoms with van der Waals surface area (Å²) in [5.41, 5.74) is 6.22. The van der Waals surface area contributed by atoms with Crippen LogP contribution in [0.2, 0.25) is 0 Å². The molecule has 20 heavy (non-hydrogen) atoms. The molecule has 0 aliphatic heterocycles. The number of hydrogen-bond donors (Lipinski definition) is 3. The average molecular weight is 275 g/mol. The average Bonchev–Trinajstić information content (AvgIpc) is 2.47. The molecule has 0 saturated carbocycles. The van der Waals surface area contributed by atoms with Crippen molar-refractivity contribution in [3.8, 4) is 5.75 Å². The van der Waals surface area contributed by atoms with E-state index >= 15 is 0 Å². The van der Waals surface area contributed by atoms with Crippen LogP contribution in [0.5, 0.6) is 5.75 Å². The van der Waals surface area contributed by atoms with Gasteiger partial charge in [0.15, 0.2) is 0 Å². The molecule has 0 spiro atoms. The zero-order valence-corrected chi connectivity index (χ0v) is 10.8. The molecule has 5 nitrogen and oxygen atoms in total. The molecule has 0 atom stereocenters. The topological polar surface area (TPSA) is 62.4 Å². The van der Waals surface area contributed by atoms with E-state index in [9.17, 15) is 9.18 Å². The van der Waals surface area contributed by atoms with E-state index in [1.807, 2.05) is 0 Å². The van der Waals surface area contributed by atoms with E-state index in [-0.39, 0.29) is 5.82 Å². The largest absolute Gasteiger partial charge is 0.495 e. The van der Waals surface area contributed by atoms with Gasteiger partial charge in [-0.1, -0.05) is 12.1 Å². The third-order valence-corrected chi connectivity index (χ3v) is 2.52. The fraction of sp³-hybridized carbons (Fsp3) is 0.0714. The number of methoxy groups -OCH3 is 1. The highest BCUT2D eigenvalue weighted by Crippen LogP contribution is 2.22. The number of hydrogen-bond acceptors (Lipinski definition) is 3. The Morgan fingerprint density at radius 1 is 1.10 bits per heavy atom. The van der Waals surface area contributed by atoms with Crippen LogP contribution in [-0.4, -0.2) is 13.1 Å². The van der Waals surface area contributed by atoms with Gasteiger partial charge in [0, 0.05) is 0 Å². The first kappa shape index (κ1) is 13.7. The minimum absolute atomic E-state index is 0.339. The molecular weight excluding hydrogens is 261 g/mol. The lowest BCUT2D eigenvalue weighted by atomic mass is 10.3. The predicted molar refractivity (Wildman–Crippen MR) is 75.2 cm³/mol. The van der Waals surface area contributed by atoms with Crippen LogP contribution in [-0.2, 0) is 0 Å². The van der Waals surface area contributed by atoms with Crippen LogP contribution >= 0.6 is 0 Å². The molecule has 0 unspecified atom stereocenters. The Balaban J connectivity index is 1.91. The van der Waals surface area contributed by atoms with Gasteiger partial charge >= 0.3 is 6.03 Å². The van der Waals surface area contributed by atoms with E-state index in [2.05, 4.69) is 16.2 Å². The smallest absolute Gasteiger partial charge is 0.337 e. The van der Waals surface area contributed by atoms with Crippen molar-refractivity contribution in [3.05, 3.63) is 54.3 Å². The maximum atomic E-state index is 12.7. The van der Waals surface area contributed by atoms with Crippen molar-refractivity contribution in [3.63, 3.8) is 0 Å². The summed E-state index contributed by atoms with van der Waals surface area (Å²) in [5.74, 6) is 0.221. The lowest BCUT2D eigenvalue weighted by Crippen LogP contribution is -2.33. The molecule has 104 valence electrons. The van der Waals surface area contributed by atoms with Crippen molar-refractivity contribution in [2.45, 2.75) is 0 Å². The normalized spacial score (nSPS) is 9.70. The molecule has 3 N–H and O–H groups in total.